The van der Waals surface area contributed by atoms with Gasteiger partial charge in [0.1, 0.15) is 0 Å². The number of ether oxygens (including phenoxy) is 1. The molecule has 6 heteroatoms. The van der Waals surface area contributed by atoms with Gasteiger partial charge >= 0.3 is 0 Å². The van der Waals surface area contributed by atoms with Crippen LogP contribution >= 0.6 is 11.8 Å². The highest BCUT2D eigenvalue weighted by Gasteiger charge is 2.04. The van der Waals surface area contributed by atoms with Gasteiger partial charge in [-0.15, -0.1) is 0 Å². The van der Waals surface area contributed by atoms with Crippen LogP contribution in [0, 0.1) is 28.2 Å². The Labute approximate surface area is 173 Å². The van der Waals surface area contributed by atoms with Crippen LogP contribution in [0.1, 0.15) is 32.1 Å². The van der Waals surface area contributed by atoms with Crippen LogP contribution in [-0.2, 0) is 4.74 Å². The maximum Gasteiger partial charge on any atom is 0.0938 e. The van der Waals surface area contributed by atoms with Crippen molar-refractivity contribution in [3.63, 3.8) is 0 Å². The fourth-order valence-electron chi connectivity index (χ4n) is 3.25. The van der Waals surface area contributed by atoms with E-state index >= 15 is 0 Å². The highest BCUT2D eigenvalue weighted by atomic mass is 32.2. The van der Waals surface area contributed by atoms with Crippen LogP contribution in [0.25, 0.3) is 0 Å². The third-order valence-electron chi connectivity index (χ3n) is 5.27. The van der Waals surface area contributed by atoms with Crippen LogP contribution in [0.2, 0.25) is 0 Å². The van der Waals surface area contributed by atoms with E-state index in [1.807, 2.05) is 11.8 Å². The minimum absolute atomic E-state index is 0.888. The third kappa shape index (κ3) is 15.7. The number of quaternary nitrogens is 4. The Morgan fingerprint density at radius 1 is 0.481 bits per heavy atom. The molecule has 4 aliphatic rings. The van der Waals surface area contributed by atoms with E-state index in [4.69, 9.17) is 4.74 Å². The van der Waals surface area contributed by atoms with Crippen molar-refractivity contribution in [3.05, 3.63) is 28.2 Å². The maximum absolute atomic E-state index is 5.08. The molecule has 0 atom stereocenters. The van der Waals surface area contributed by atoms with Crippen LogP contribution in [0.3, 0.4) is 0 Å². The molecule has 4 aliphatic heterocycles. The van der Waals surface area contributed by atoms with E-state index in [1.165, 1.54) is 102 Å². The molecule has 0 aromatic rings. The monoisotopic (exact) mass is 402 g/mol. The molecule has 0 unspecified atom stereocenters. The first-order valence-corrected chi connectivity index (χ1v) is 12.1. The molecular weight excluding hydrogens is 356 g/mol. The van der Waals surface area contributed by atoms with E-state index in [-0.39, 0.29) is 0 Å². The SMILES string of the molecule is [CH2-][NH+]1CCCC1.[CH2-][NH+]1CCCCC1.[CH2-][NH+]1CCOCC1.[CH2-][NH+]1CCSCC1. The topological polar surface area (TPSA) is 27.0 Å². The molecule has 0 spiro atoms. The zero-order valence-electron chi connectivity index (χ0n) is 17.7. The summed E-state index contributed by atoms with van der Waals surface area (Å²) in [5.74, 6) is 2.61. The number of morpholine rings is 1. The highest BCUT2D eigenvalue weighted by molar-refractivity contribution is 7.99. The summed E-state index contributed by atoms with van der Waals surface area (Å²) in [7, 11) is 15.5. The standard InChI is InChI=1S/C6H13N.C5H11NO.C5H11NS.C5H11N/c1-7-5-3-2-4-6-7;2*1-6-2-4-7-5-3-6;1-6-4-2-3-5-6/h7H,1-6H2;2*6H,1-5H2;6H,1-5H2. The van der Waals surface area contributed by atoms with Gasteiger partial charge in [-0.25, -0.2) is 0 Å². The molecule has 4 rings (SSSR count). The third-order valence-corrected chi connectivity index (χ3v) is 6.26. The lowest BCUT2D eigenvalue weighted by molar-refractivity contribution is -0.862. The van der Waals surface area contributed by atoms with Crippen molar-refractivity contribution in [1.82, 2.24) is 0 Å². The molecule has 27 heavy (non-hydrogen) atoms. The van der Waals surface area contributed by atoms with Crippen LogP contribution in [-0.4, -0.2) is 77.1 Å². The molecule has 0 saturated carbocycles. The Hall–Kier alpha value is 0.150. The molecule has 0 radical (unpaired) electrons. The Balaban J connectivity index is 0.000000180. The lowest BCUT2D eigenvalue weighted by atomic mass is 10.1. The maximum atomic E-state index is 5.08. The normalized spacial score (nSPS) is 25.3. The molecule has 0 aromatic heterocycles. The van der Waals surface area contributed by atoms with Gasteiger partial charge in [0, 0.05) is 11.5 Å². The summed E-state index contributed by atoms with van der Waals surface area (Å²) in [6, 6.07) is 0. The number of likely N-dealkylation sites (tertiary alicyclic amines) is 2. The van der Waals surface area contributed by atoms with Gasteiger partial charge in [-0.2, -0.15) is 40.0 Å². The summed E-state index contributed by atoms with van der Waals surface area (Å²) >= 11 is 2.04. The van der Waals surface area contributed by atoms with Crippen molar-refractivity contribution in [3.8, 4) is 0 Å². The van der Waals surface area contributed by atoms with E-state index in [1.54, 1.807) is 0 Å². The number of hydrogen-bond donors (Lipinski definition) is 4. The van der Waals surface area contributed by atoms with Crippen LogP contribution in [0.4, 0.5) is 0 Å². The second-order valence-corrected chi connectivity index (χ2v) is 9.22. The number of hydrogen-bond acceptors (Lipinski definition) is 2. The average Bonchev–Trinajstić information content (AvgIpc) is 3.16. The van der Waals surface area contributed by atoms with Crippen LogP contribution in [0.15, 0.2) is 0 Å². The van der Waals surface area contributed by atoms with Crippen molar-refractivity contribution >= 4 is 11.8 Å². The first kappa shape index (κ1) is 25.2. The van der Waals surface area contributed by atoms with E-state index in [2.05, 4.69) is 28.2 Å². The van der Waals surface area contributed by atoms with Gasteiger partial charge in [-0.05, 0) is 32.1 Å². The van der Waals surface area contributed by atoms with Gasteiger partial charge in [-0.3, -0.25) is 0 Å². The van der Waals surface area contributed by atoms with Gasteiger partial charge in [0.2, 0.25) is 0 Å². The molecule has 162 valence electrons. The number of nitrogens with one attached hydrogen (secondary N) is 4. The van der Waals surface area contributed by atoms with Gasteiger partial charge in [0.05, 0.1) is 65.6 Å². The average molecular weight is 403 g/mol. The minimum atomic E-state index is 0.888. The molecule has 5 nitrogen and oxygen atoms in total. The minimum Gasteiger partial charge on any atom is -0.468 e. The first-order valence-electron chi connectivity index (χ1n) is 10.9. The van der Waals surface area contributed by atoms with E-state index in [0.29, 0.717) is 0 Å². The summed E-state index contributed by atoms with van der Waals surface area (Å²) in [5.41, 5.74) is 0. The molecule has 4 N–H and O–H groups in total. The fourth-order valence-corrected chi connectivity index (χ4v) is 4.32. The molecular formula is C21H46N4OS. The van der Waals surface area contributed by atoms with Crippen molar-refractivity contribution < 1.29 is 24.3 Å². The molecule has 0 aliphatic carbocycles. The van der Waals surface area contributed by atoms with Crippen molar-refractivity contribution in [2.45, 2.75) is 32.1 Å². The quantitative estimate of drug-likeness (QED) is 0.335. The van der Waals surface area contributed by atoms with Gasteiger partial charge in [-0.1, -0.05) is 0 Å². The van der Waals surface area contributed by atoms with E-state index in [0.717, 1.165) is 26.3 Å². The molecule has 0 aromatic carbocycles. The predicted octanol–water partition coefficient (Wildman–Crippen LogP) is -2.59. The fraction of sp³-hybridized carbons (Fsp3) is 0.810. The van der Waals surface area contributed by atoms with Crippen LogP contribution < -0.4 is 19.6 Å². The number of thioether (sulfide) groups is 1. The predicted molar refractivity (Wildman–Crippen MR) is 115 cm³/mol. The van der Waals surface area contributed by atoms with Crippen molar-refractivity contribution in [2.75, 3.05) is 77.1 Å². The van der Waals surface area contributed by atoms with E-state index in [9.17, 15) is 0 Å². The summed E-state index contributed by atoms with van der Waals surface area (Å²) < 4.78 is 5.08. The molecule has 4 fully saturated rings. The molecule has 4 saturated heterocycles. The Morgan fingerprint density at radius 3 is 1.11 bits per heavy atom. The van der Waals surface area contributed by atoms with Crippen LogP contribution in [0.5, 0.6) is 0 Å². The number of rotatable bonds is 0. The first-order chi connectivity index (χ1) is 13.1. The van der Waals surface area contributed by atoms with Gasteiger partial charge in [0.25, 0.3) is 0 Å². The van der Waals surface area contributed by atoms with Gasteiger partial charge in [0.15, 0.2) is 0 Å². The summed E-state index contributed by atoms with van der Waals surface area (Å²) in [5, 5.41) is 0. The highest BCUT2D eigenvalue weighted by Crippen LogP contribution is 1.96. The summed E-state index contributed by atoms with van der Waals surface area (Å²) in [4.78, 5) is 5.70. The zero-order valence-corrected chi connectivity index (χ0v) is 18.5. The largest absolute Gasteiger partial charge is 0.468 e. The lowest BCUT2D eigenvalue weighted by Crippen LogP contribution is -3.09. The Kier molecular flexibility index (Phi) is 15.9. The molecule has 4 heterocycles. The zero-order chi connectivity index (χ0) is 19.7. The molecule has 0 bridgehead atoms. The van der Waals surface area contributed by atoms with Crippen molar-refractivity contribution in [1.29, 1.82) is 0 Å². The van der Waals surface area contributed by atoms with Crippen molar-refractivity contribution in [2.24, 2.45) is 0 Å². The lowest BCUT2D eigenvalue weighted by Gasteiger charge is -2.24. The smallest absolute Gasteiger partial charge is 0.0938 e. The number of piperidine rings is 1. The second-order valence-electron chi connectivity index (χ2n) is 7.99. The van der Waals surface area contributed by atoms with Gasteiger partial charge < -0.3 is 24.3 Å². The summed E-state index contributed by atoms with van der Waals surface area (Å²) in [6.07, 6.45) is 6.98. The Bertz CT molecular complexity index is 273. The molecule has 0 amide bonds. The Morgan fingerprint density at radius 2 is 0.852 bits per heavy atom. The summed E-state index contributed by atoms with van der Waals surface area (Å²) in [6.45, 7) is 11.6. The van der Waals surface area contributed by atoms with E-state index < -0.39 is 0 Å². The second kappa shape index (κ2) is 17.0.